The van der Waals surface area contributed by atoms with E-state index in [4.69, 9.17) is 0 Å². The largest absolute Gasteiger partial charge is 0.350 e. The van der Waals surface area contributed by atoms with Crippen LogP contribution in [-0.4, -0.2) is 50.3 Å². The van der Waals surface area contributed by atoms with Crippen molar-refractivity contribution in [1.82, 2.24) is 30.0 Å². The molecule has 0 radical (unpaired) electrons. The zero-order valence-electron chi connectivity index (χ0n) is 14.4. The number of hydrogen-bond donors (Lipinski definition) is 1. The third-order valence-electron chi connectivity index (χ3n) is 4.41. The third kappa shape index (κ3) is 3.61. The summed E-state index contributed by atoms with van der Waals surface area (Å²) < 4.78 is 2.07. The fourth-order valence-electron chi connectivity index (χ4n) is 2.97. The van der Waals surface area contributed by atoms with Crippen molar-refractivity contribution in [3.63, 3.8) is 0 Å². The Morgan fingerprint density at radius 2 is 2.19 bits per heavy atom. The summed E-state index contributed by atoms with van der Waals surface area (Å²) in [5, 5.41) is 11.9. The standard InChI is InChI=1S/C16H19N7OS2/c1-11-13(25-9-18-11)2-4-17-15(24)12-8-23-7-6-22(5-3-14(23)20-12)16-21-19-10-26-16/h8-10H,2-7H2,1H3,(H,17,24). The van der Waals surface area contributed by atoms with Gasteiger partial charge < -0.3 is 14.8 Å². The van der Waals surface area contributed by atoms with E-state index in [0.717, 1.165) is 49.1 Å². The maximum atomic E-state index is 12.4. The summed E-state index contributed by atoms with van der Waals surface area (Å²) in [6.07, 6.45) is 3.44. The molecule has 4 rings (SSSR count). The topological polar surface area (TPSA) is 88.8 Å². The van der Waals surface area contributed by atoms with Gasteiger partial charge in [0.05, 0.1) is 11.2 Å². The van der Waals surface area contributed by atoms with Gasteiger partial charge in [-0.25, -0.2) is 9.97 Å². The minimum Gasteiger partial charge on any atom is -0.350 e. The van der Waals surface area contributed by atoms with Crippen molar-refractivity contribution in [3.8, 4) is 0 Å². The molecule has 0 aliphatic carbocycles. The van der Waals surface area contributed by atoms with Gasteiger partial charge in [-0.05, 0) is 6.92 Å². The molecule has 0 bridgehead atoms. The minimum atomic E-state index is -0.117. The van der Waals surface area contributed by atoms with Gasteiger partial charge in [-0.2, -0.15) is 0 Å². The van der Waals surface area contributed by atoms with Crippen LogP contribution < -0.4 is 10.2 Å². The van der Waals surface area contributed by atoms with Crippen LogP contribution in [-0.2, 0) is 19.4 Å². The molecule has 0 aromatic carbocycles. The molecule has 26 heavy (non-hydrogen) atoms. The third-order valence-corrected chi connectivity index (χ3v) is 6.15. The number of hydrogen-bond acceptors (Lipinski definition) is 8. The van der Waals surface area contributed by atoms with Crippen LogP contribution in [0, 0.1) is 6.92 Å². The number of nitrogens with one attached hydrogen (secondary N) is 1. The van der Waals surface area contributed by atoms with E-state index < -0.39 is 0 Å². The van der Waals surface area contributed by atoms with E-state index in [9.17, 15) is 4.79 Å². The molecule has 136 valence electrons. The predicted molar refractivity (Wildman–Crippen MR) is 101 cm³/mol. The van der Waals surface area contributed by atoms with Crippen LogP contribution >= 0.6 is 22.7 Å². The van der Waals surface area contributed by atoms with Crippen molar-refractivity contribution < 1.29 is 4.79 Å². The molecule has 0 unspecified atom stereocenters. The smallest absolute Gasteiger partial charge is 0.271 e. The SMILES string of the molecule is Cc1ncsc1CCNC(=O)c1cn2c(n1)CCN(c1nncs1)CC2. The van der Waals surface area contributed by atoms with Crippen molar-refractivity contribution in [2.24, 2.45) is 0 Å². The summed E-state index contributed by atoms with van der Waals surface area (Å²) in [6, 6.07) is 0. The molecule has 0 saturated carbocycles. The zero-order chi connectivity index (χ0) is 17.9. The van der Waals surface area contributed by atoms with E-state index in [1.165, 1.54) is 4.88 Å². The van der Waals surface area contributed by atoms with Crippen LogP contribution in [0.15, 0.2) is 17.2 Å². The van der Waals surface area contributed by atoms with E-state index in [-0.39, 0.29) is 5.91 Å². The number of carbonyl (C=O) groups is 1. The molecule has 1 aliphatic heterocycles. The molecule has 0 fully saturated rings. The summed E-state index contributed by atoms with van der Waals surface area (Å²) in [5.41, 5.74) is 5.11. The Morgan fingerprint density at radius 1 is 1.27 bits per heavy atom. The van der Waals surface area contributed by atoms with Crippen LogP contribution in [0.1, 0.15) is 26.9 Å². The van der Waals surface area contributed by atoms with Crippen molar-refractivity contribution in [3.05, 3.63) is 39.3 Å². The molecule has 1 amide bonds. The van der Waals surface area contributed by atoms with Gasteiger partial charge in [-0.15, -0.1) is 21.5 Å². The first-order chi connectivity index (χ1) is 12.7. The van der Waals surface area contributed by atoms with Gasteiger partial charge in [0.25, 0.3) is 5.91 Å². The number of rotatable bonds is 5. The monoisotopic (exact) mass is 389 g/mol. The fraction of sp³-hybridized carbons (Fsp3) is 0.438. The minimum absolute atomic E-state index is 0.117. The number of anilines is 1. The first-order valence-electron chi connectivity index (χ1n) is 8.45. The second-order valence-corrected chi connectivity index (χ2v) is 7.81. The van der Waals surface area contributed by atoms with E-state index in [0.29, 0.717) is 12.2 Å². The quantitative estimate of drug-likeness (QED) is 0.712. The van der Waals surface area contributed by atoms with Crippen LogP contribution in [0.3, 0.4) is 0 Å². The van der Waals surface area contributed by atoms with Crippen molar-refractivity contribution in [1.29, 1.82) is 0 Å². The average molecular weight is 390 g/mol. The zero-order valence-corrected chi connectivity index (χ0v) is 16.0. The van der Waals surface area contributed by atoms with Crippen LogP contribution in [0.25, 0.3) is 0 Å². The second kappa shape index (κ2) is 7.50. The molecule has 4 heterocycles. The Labute approximate surface area is 158 Å². The fourth-order valence-corrected chi connectivity index (χ4v) is 4.37. The molecule has 1 aliphatic rings. The molecule has 10 heteroatoms. The summed E-state index contributed by atoms with van der Waals surface area (Å²) in [7, 11) is 0. The lowest BCUT2D eigenvalue weighted by atomic mass is 10.3. The van der Waals surface area contributed by atoms with Crippen LogP contribution in [0.2, 0.25) is 0 Å². The maximum absolute atomic E-state index is 12.4. The van der Waals surface area contributed by atoms with Crippen molar-refractivity contribution >= 4 is 33.7 Å². The average Bonchev–Trinajstić information content (AvgIpc) is 3.36. The molecule has 3 aromatic heterocycles. The molecule has 0 saturated heterocycles. The van der Waals surface area contributed by atoms with Crippen LogP contribution in [0.4, 0.5) is 5.13 Å². The highest BCUT2D eigenvalue weighted by Crippen LogP contribution is 2.19. The van der Waals surface area contributed by atoms with Gasteiger partial charge in [0, 0.05) is 50.1 Å². The highest BCUT2D eigenvalue weighted by Gasteiger charge is 2.20. The number of amides is 1. The molecular weight excluding hydrogens is 370 g/mol. The second-order valence-electron chi connectivity index (χ2n) is 6.06. The molecule has 0 atom stereocenters. The molecule has 8 nitrogen and oxygen atoms in total. The normalized spacial score (nSPS) is 14.1. The highest BCUT2D eigenvalue weighted by molar-refractivity contribution is 7.13. The predicted octanol–water partition coefficient (Wildman–Crippen LogP) is 1.53. The van der Waals surface area contributed by atoms with Gasteiger partial charge in [0.2, 0.25) is 5.13 Å². The van der Waals surface area contributed by atoms with Crippen molar-refractivity contribution in [2.45, 2.75) is 26.3 Å². The molecular formula is C16H19N7OS2. The number of aryl methyl sites for hydroxylation is 1. The van der Waals surface area contributed by atoms with Gasteiger partial charge in [0.1, 0.15) is 17.0 Å². The molecule has 1 N–H and O–H groups in total. The number of aromatic nitrogens is 5. The van der Waals surface area contributed by atoms with E-state index in [2.05, 4.69) is 34.9 Å². The Morgan fingerprint density at radius 3 is 2.96 bits per heavy atom. The van der Waals surface area contributed by atoms with Gasteiger partial charge in [-0.1, -0.05) is 11.3 Å². The van der Waals surface area contributed by atoms with Gasteiger partial charge in [0.15, 0.2) is 0 Å². The highest BCUT2D eigenvalue weighted by atomic mass is 32.1. The molecule has 3 aromatic rings. The van der Waals surface area contributed by atoms with Crippen molar-refractivity contribution in [2.75, 3.05) is 24.5 Å². The number of fused-ring (bicyclic) bond motifs is 1. The van der Waals surface area contributed by atoms with E-state index >= 15 is 0 Å². The number of imidazole rings is 1. The lowest BCUT2D eigenvalue weighted by Crippen LogP contribution is -2.27. The summed E-state index contributed by atoms with van der Waals surface area (Å²) in [5.74, 6) is 0.828. The summed E-state index contributed by atoms with van der Waals surface area (Å²) in [4.78, 5) is 24.6. The van der Waals surface area contributed by atoms with Gasteiger partial charge in [-0.3, -0.25) is 4.79 Å². The Balaban J connectivity index is 1.34. The lowest BCUT2D eigenvalue weighted by Gasteiger charge is -2.17. The first kappa shape index (κ1) is 17.1. The Kier molecular flexibility index (Phi) is 4.93. The maximum Gasteiger partial charge on any atom is 0.271 e. The first-order valence-corrected chi connectivity index (χ1v) is 10.2. The summed E-state index contributed by atoms with van der Waals surface area (Å²) >= 11 is 3.17. The Hall–Kier alpha value is -2.33. The van der Waals surface area contributed by atoms with E-state index in [1.807, 2.05) is 18.6 Å². The van der Waals surface area contributed by atoms with Crippen LogP contribution in [0.5, 0.6) is 0 Å². The Bertz CT molecular complexity index is 861. The van der Waals surface area contributed by atoms with E-state index in [1.54, 1.807) is 28.2 Å². The number of nitrogens with zero attached hydrogens (tertiary/aromatic N) is 6. The summed E-state index contributed by atoms with van der Waals surface area (Å²) in [6.45, 7) is 5.04. The lowest BCUT2D eigenvalue weighted by molar-refractivity contribution is 0.0949. The number of carbonyl (C=O) groups excluding carboxylic acids is 1. The number of thiazole rings is 1. The van der Waals surface area contributed by atoms with Gasteiger partial charge >= 0.3 is 0 Å². The molecule has 0 spiro atoms.